The summed E-state index contributed by atoms with van der Waals surface area (Å²) in [7, 11) is 1.83. The van der Waals surface area contributed by atoms with Gasteiger partial charge >= 0.3 is 0 Å². The average Bonchev–Trinajstić information content (AvgIpc) is 3.12. The van der Waals surface area contributed by atoms with Gasteiger partial charge < -0.3 is 4.90 Å². The number of aromatic nitrogens is 1. The number of hydrogen-bond acceptors (Lipinski definition) is 3. The van der Waals surface area contributed by atoms with E-state index in [1.807, 2.05) is 36.7 Å². The summed E-state index contributed by atoms with van der Waals surface area (Å²) in [6.07, 6.45) is 1.35. The van der Waals surface area contributed by atoms with Gasteiger partial charge in [-0.3, -0.25) is 4.79 Å². The van der Waals surface area contributed by atoms with Crippen LogP contribution in [0.25, 0.3) is 10.6 Å². The summed E-state index contributed by atoms with van der Waals surface area (Å²) in [5.41, 5.74) is 4.34. The quantitative estimate of drug-likeness (QED) is 0.530. The summed E-state index contributed by atoms with van der Waals surface area (Å²) in [5, 5.41) is 2.94. The zero-order valence-corrected chi connectivity index (χ0v) is 17.3. The Kier molecular flexibility index (Phi) is 6.22. The Labute approximate surface area is 166 Å². The summed E-state index contributed by atoms with van der Waals surface area (Å²) >= 11 is 5.12. The fourth-order valence-electron chi connectivity index (χ4n) is 2.66. The van der Waals surface area contributed by atoms with Gasteiger partial charge in [0.1, 0.15) is 5.01 Å². The molecule has 5 heteroatoms. The second-order valence-electron chi connectivity index (χ2n) is 6.21. The van der Waals surface area contributed by atoms with E-state index in [4.69, 9.17) is 0 Å². The van der Waals surface area contributed by atoms with Crippen LogP contribution >= 0.6 is 27.3 Å². The average molecular weight is 429 g/mol. The smallest absolute Gasteiger partial charge is 0.228 e. The van der Waals surface area contributed by atoms with Crippen LogP contribution in [-0.4, -0.2) is 22.8 Å². The monoisotopic (exact) mass is 428 g/mol. The first-order valence-corrected chi connectivity index (χ1v) is 10.2. The SMILES string of the molecule is CCc1ccc(-c2nc(CC(=O)N(C)Cc3ccccc3Br)cs2)cc1. The maximum Gasteiger partial charge on any atom is 0.228 e. The van der Waals surface area contributed by atoms with Gasteiger partial charge in [-0.2, -0.15) is 0 Å². The third-order valence-electron chi connectivity index (χ3n) is 4.28. The van der Waals surface area contributed by atoms with Crippen LogP contribution in [0, 0.1) is 0 Å². The predicted molar refractivity (Wildman–Crippen MR) is 111 cm³/mol. The van der Waals surface area contributed by atoms with Gasteiger partial charge in [0.05, 0.1) is 12.1 Å². The van der Waals surface area contributed by atoms with Crippen LogP contribution < -0.4 is 0 Å². The number of carbonyl (C=O) groups excluding carboxylic acids is 1. The molecule has 1 amide bonds. The zero-order valence-electron chi connectivity index (χ0n) is 14.9. The number of carbonyl (C=O) groups is 1. The maximum absolute atomic E-state index is 12.5. The van der Waals surface area contributed by atoms with Crippen LogP contribution in [-0.2, 0) is 24.2 Å². The first-order valence-electron chi connectivity index (χ1n) is 8.58. The highest BCUT2D eigenvalue weighted by Crippen LogP contribution is 2.25. The highest BCUT2D eigenvalue weighted by atomic mass is 79.9. The van der Waals surface area contributed by atoms with E-state index in [0.29, 0.717) is 13.0 Å². The number of hydrogen-bond donors (Lipinski definition) is 0. The van der Waals surface area contributed by atoms with E-state index in [-0.39, 0.29) is 5.91 Å². The minimum atomic E-state index is 0.0685. The minimum absolute atomic E-state index is 0.0685. The van der Waals surface area contributed by atoms with Crippen molar-refractivity contribution < 1.29 is 4.79 Å². The molecule has 0 atom stereocenters. The first-order chi connectivity index (χ1) is 12.6. The van der Waals surface area contributed by atoms with E-state index < -0.39 is 0 Å². The Morgan fingerprint density at radius 1 is 1.15 bits per heavy atom. The predicted octanol–water partition coefficient (Wildman–Crippen LogP) is 5.34. The van der Waals surface area contributed by atoms with Crippen LogP contribution in [0.5, 0.6) is 0 Å². The summed E-state index contributed by atoms with van der Waals surface area (Å²) < 4.78 is 1.02. The number of rotatable bonds is 6. The van der Waals surface area contributed by atoms with Crippen LogP contribution in [0.2, 0.25) is 0 Å². The second-order valence-corrected chi connectivity index (χ2v) is 7.92. The highest BCUT2D eigenvalue weighted by Gasteiger charge is 2.14. The van der Waals surface area contributed by atoms with E-state index in [2.05, 4.69) is 52.1 Å². The molecule has 3 aromatic rings. The second kappa shape index (κ2) is 8.60. The van der Waals surface area contributed by atoms with Crippen LogP contribution in [0.15, 0.2) is 58.4 Å². The molecule has 26 heavy (non-hydrogen) atoms. The van der Waals surface area contributed by atoms with Crippen LogP contribution in [0.4, 0.5) is 0 Å². The van der Waals surface area contributed by atoms with E-state index in [0.717, 1.165) is 32.7 Å². The van der Waals surface area contributed by atoms with Crippen molar-refractivity contribution in [3.05, 3.63) is 75.2 Å². The van der Waals surface area contributed by atoms with E-state index >= 15 is 0 Å². The van der Waals surface area contributed by atoms with Crippen molar-refractivity contribution in [1.82, 2.24) is 9.88 Å². The molecule has 0 aliphatic rings. The van der Waals surface area contributed by atoms with Crippen molar-refractivity contribution in [2.75, 3.05) is 7.05 Å². The number of benzene rings is 2. The summed E-state index contributed by atoms with van der Waals surface area (Å²) in [5.74, 6) is 0.0685. The van der Waals surface area contributed by atoms with Gasteiger partial charge in [-0.05, 0) is 23.6 Å². The number of amides is 1. The van der Waals surface area contributed by atoms with Crippen molar-refractivity contribution in [2.24, 2.45) is 0 Å². The molecule has 3 rings (SSSR count). The van der Waals surface area contributed by atoms with Crippen molar-refractivity contribution in [3.8, 4) is 10.6 Å². The molecule has 0 unspecified atom stereocenters. The van der Waals surface area contributed by atoms with Crippen molar-refractivity contribution in [1.29, 1.82) is 0 Å². The molecule has 0 saturated heterocycles. The van der Waals surface area contributed by atoms with Crippen LogP contribution in [0.1, 0.15) is 23.7 Å². The number of halogens is 1. The summed E-state index contributed by atoms with van der Waals surface area (Å²) in [4.78, 5) is 18.9. The number of aryl methyl sites for hydroxylation is 1. The molecule has 0 radical (unpaired) electrons. The third-order valence-corrected chi connectivity index (χ3v) is 6.00. The normalized spacial score (nSPS) is 10.7. The van der Waals surface area contributed by atoms with Crippen LogP contribution in [0.3, 0.4) is 0 Å². The molecule has 2 aromatic carbocycles. The third kappa shape index (κ3) is 4.59. The maximum atomic E-state index is 12.5. The lowest BCUT2D eigenvalue weighted by Crippen LogP contribution is -2.27. The molecule has 134 valence electrons. The first kappa shape index (κ1) is 18.8. The van der Waals surface area contributed by atoms with Gasteiger partial charge in [0.15, 0.2) is 0 Å². The molecule has 0 N–H and O–H groups in total. The Balaban J connectivity index is 1.64. The molecule has 1 aromatic heterocycles. The summed E-state index contributed by atoms with van der Waals surface area (Å²) in [6.45, 7) is 2.72. The lowest BCUT2D eigenvalue weighted by Gasteiger charge is -2.17. The van der Waals surface area contributed by atoms with Gasteiger partial charge in [0, 0.05) is 29.0 Å². The van der Waals surface area contributed by atoms with Gasteiger partial charge in [0.25, 0.3) is 0 Å². The molecule has 0 fully saturated rings. The molecule has 0 spiro atoms. The molecular formula is C21H21BrN2OS. The zero-order chi connectivity index (χ0) is 18.5. The molecule has 3 nitrogen and oxygen atoms in total. The number of likely N-dealkylation sites (N-methyl/N-ethyl adjacent to an activating group) is 1. The standard InChI is InChI=1S/C21H21BrN2OS/c1-3-15-8-10-16(11-9-15)21-23-18(14-26-21)12-20(25)24(2)13-17-6-4-5-7-19(17)22/h4-11,14H,3,12-13H2,1-2H3. The van der Waals surface area contributed by atoms with E-state index in [9.17, 15) is 4.79 Å². The lowest BCUT2D eigenvalue weighted by molar-refractivity contribution is -0.129. The van der Waals surface area contributed by atoms with Gasteiger partial charge in [-0.25, -0.2) is 4.98 Å². The Morgan fingerprint density at radius 2 is 1.88 bits per heavy atom. The Hall–Kier alpha value is -1.98. The molecule has 0 aliphatic carbocycles. The largest absolute Gasteiger partial charge is 0.341 e. The Morgan fingerprint density at radius 3 is 2.58 bits per heavy atom. The number of thiazole rings is 1. The fraction of sp³-hybridized carbons (Fsp3) is 0.238. The van der Waals surface area contributed by atoms with Crippen molar-refractivity contribution >= 4 is 33.2 Å². The van der Waals surface area contributed by atoms with E-state index in [1.54, 1.807) is 16.2 Å². The lowest BCUT2D eigenvalue weighted by atomic mass is 10.1. The molecule has 1 heterocycles. The minimum Gasteiger partial charge on any atom is -0.341 e. The molecule has 0 aliphatic heterocycles. The van der Waals surface area contributed by atoms with Gasteiger partial charge in [-0.15, -0.1) is 11.3 Å². The summed E-state index contributed by atoms with van der Waals surface area (Å²) in [6, 6.07) is 16.4. The van der Waals surface area contributed by atoms with Gasteiger partial charge in [0.2, 0.25) is 5.91 Å². The van der Waals surface area contributed by atoms with Crippen molar-refractivity contribution in [2.45, 2.75) is 26.3 Å². The number of nitrogens with zero attached hydrogens (tertiary/aromatic N) is 2. The van der Waals surface area contributed by atoms with E-state index in [1.165, 1.54) is 5.56 Å². The van der Waals surface area contributed by atoms with Crippen molar-refractivity contribution in [3.63, 3.8) is 0 Å². The fourth-order valence-corrected chi connectivity index (χ4v) is 3.90. The molecule has 0 bridgehead atoms. The Bertz CT molecular complexity index is 889. The topological polar surface area (TPSA) is 33.2 Å². The molecular weight excluding hydrogens is 408 g/mol. The highest BCUT2D eigenvalue weighted by molar-refractivity contribution is 9.10. The molecule has 0 saturated carbocycles. The van der Waals surface area contributed by atoms with Gasteiger partial charge in [-0.1, -0.05) is 65.3 Å².